The summed E-state index contributed by atoms with van der Waals surface area (Å²) in [5.74, 6) is 0.879. The van der Waals surface area contributed by atoms with Crippen molar-refractivity contribution in [1.82, 2.24) is 15.5 Å². The fraction of sp³-hybridized carbons (Fsp3) is 0.923. The van der Waals surface area contributed by atoms with E-state index in [2.05, 4.69) is 29.5 Å². The van der Waals surface area contributed by atoms with Crippen molar-refractivity contribution in [2.45, 2.75) is 32.2 Å². The highest BCUT2D eigenvalue weighted by Crippen LogP contribution is 2.17. The molecule has 2 heterocycles. The Labute approximate surface area is 104 Å². The summed E-state index contributed by atoms with van der Waals surface area (Å²) < 4.78 is 0. The zero-order valence-corrected chi connectivity index (χ0v) is 11.0. The highest BCUT2D eigenvalue weighted by molar-refractivity contribution is 5.79. The summed E-state index contributed by atoms with van der Waals surface area (Å²) in [5.41, 5.74) is 0. The molecule has 0 aromatic carbocycles. The van der Waals surface area contributed by atoms with Crippen LogP contribution in [-0.4, -0.2) is 50.1 Å². The lowest BCUT2D eigenvalue weighted by Gasteiger charge is -2.32. The molecule has 1 amide bonds. The van der Waals surface area contributed by atoms with Gasteiger partial charge in [0, 0.05) is 19.1 Å². The maximum absolute atomic E-state index is 12.0. The number of nitrogens with one attached hydrogen (secondary N) is 2. The molecule has 2 fully saturated rings. The van der Waals surface area contributed by atoms with Crippen LogP contribution < -0.4 is 10.6 Å². The Morgan fingerprint density at radius 1 is 1.41 bits per heavy atom. The van der Waals surface area contributed by atoms with E-state index in [1.54, 1.807) is 0 Å². The Hall–Kier alpha value is -0.610. The summed E-state index contributed by atoms with van der Waals surface area (Å²) in [6.45, 7) is 5.95. The zero-order valence-electron chi connectivity index (χ0n) is 11.0. The van der Waals surface area contributed by atoms with Gasteiger partial charge in [-0.15, -0.1) is 0 Å². The average molecular weight is 239 g/mol. The van der Waals surface area contributed by atoms with Gasteiger partial charge in [0.15, 0.2) is 0 Å². The second-order valence-corrected chi connectivity index (χ2v) is 5.62. The maximum Gasteiger partial charge on any atom is 0.224 e. The summed E-state index contributed by atoms with van der Waals surface area (Å²) in [7, 11) is 2.16. The standard InChI is InChI=1S/C13H25N3O/c1-10-7-14-9-12(10)13(17)15-8-11-5-3-4-6-16(11)2/h10-12,14H,3-9H2,1-2H3,(H,15,17)/t10-,11?,12-/m1/s1. The number of amides is 1. The van der Waals surface area contributed by atoms with Gasteiger partial charge < -0.3 is 15.5 Å². The quantitative estimate of drug-likeness (QED) is 0.751. The molecule has 2 saturated heterocycles. The Bertz CT molecular complexity index is 269. The first-order valence-corrected chi connectivity index (χ1v) is 6.87. The van der Waals surface area contributed by atoms with Crippen LogP contribution >= 0.6 is 0 Å². The summed E-state index contributed by atoms with van der Waals surface area (Å²) in [5, 5.41) is 6.41. The molecule has 98 valence electrons. The number of likely N-dealkylation sites (N-methyl/N-ethyl adjacent to an activating group) is 1. The van der Waals surface area contributed by atoms with Gasteiger partial charge in [0.2, 0.25) is 5.91 Å². The minimum Gasteiger partial charge on any atom is -0.354 e. The molecule has 0 radical (unpaired) electrons. The molecule has 2 aliphatic rings. The molecule has 17 heavy (non-hydrogen) atoms. The van der Waals surface area contributed by atoms with E-state index in [1.807, 2.05) is 0 Å². The molecular weight excluding hydrogens is 214 g/mol. The second kappa shape index (κ2) is 5.83. The van der Waals surface area contributed by atoms with Gasteiger partial charge in [-0.1, -0.05) is 13.3 Å². The molecule has 0 bridgehead atoms. The first-order chi connectivity index (χ1) is 8.18. The van der Waals surface area contributed by atoms with Crippen molar-refractivity contribution in [3.05, 3.63) is 0 Å². The van der Waals surface area contributed by atoms with Gasteiger partial charge in [-0.25, -0.2) is 0 Å². The molecule has 3 atom stereocenters. The first-order valence-electron chi connectivity index (χ1n) is 6.87. The highest BCUT2D eigenvalue weighted by Gasteiger charge is 2.30. The number of nitrogens with zero attached hydrogens (tertiary/aromatic N) is 1. The number of hydrogen-bond acceptors (Lipinski definition) is 3. The lowest BCUT2D eigenvalue weighted by Crippen LogP contribution is -2.46. The number of likely N-dealkylation sites (tertiary alicyclic amines) is 1. The smallest absolute Gasteiger partial charge is 0.224 e. The Kier molecular flexibility index (Phi) is 4.40. The molecule has 0 saturated carbocycles. The van der Waals surface area contributed by atoms with Crippen molar-refractivity contribution in [2.75, 3.05) is 33.2 Å². The van der Waals surface area contributed by atoms with Crippen LogP contribution in [0.2, 0.25) is 0 Å². The van der Waals surface area contributed by atoms with Crippen molar-refractivity contribution in [2.24, 2.45) is 11.8 Å². The molecule has 2 aliphatic heterocycles. The van der Waals surface area contributed by atoms with E-state index in [-0.39, 0.29) is 11.8 Å². The second-order valence-electron chi connectivity index (χ2n) is 5.62. The van der Waals surface area contributed by atoms with Crippen molar-refractivity contribution in [3.63, 3.8) is 0 Å². The minimum atomic E-state index is 0.170. The molecule has 0 spiro atoms. The normalized spacial score (nSPS) is 34.8. The van der Waals surface area contributed by atoms with Crippen molar-refractivity contribution in [1.29, 1.82) is 0 Å². The van der Waals surface area contributed by atoms with Crippen molar-refractivity contribution >= 4 is 5.91 Å². The van der Waals surface area contributed by atoms with Crippen molar-refractivity contribution < 1.29 is 4.79 Å². The van der Waals surface area contributed by atoms with Crippen LogP contribution in [0.5, 0.6) is 0 Å². The molecule has 0 aromatic rings. The van der Waals surface area contributed by atoms with Crippen molar-refractivity contribution in [3.8, 4) is 0 Å². The lowest BCUT2D eigenvalue weighted by atomic mass is 9.97. The molecule has 4 heteroatoms. The van der Waals surface area contributed by atoms with Crippen LogP contribution in [0.15, 0.2) is 0 Å². The number of piperidine rings is 1. The van der Waals surface area contributed by atoms with E-state index in [0.29, 0.717) is 12.0 Å². The number of carbonyl (C=O) groups is 1. The molecule has 2 rings (SSSR count). The van der Waals surface area contributed by atoms with E-state index in [9.17, 15) is 4.79 Å². The van der Waals surface area contributed by atoms with Crippen LogP contribution in [0.25, 0.3) is 0 Å². The van der Waals surface area contributed by atoms with Crippen LogP contribution in [0, 0.1) is 11.8 Å². The van der Waals surface area contributed by atoms with E-state index in [0.717, 1.165) is 19.6 Å². The predicted molar refractivity (Wildman–Crippen MR) is 68.8 cm³/mol. The predicted octanol–water partition coefficient (Wildman–Crippen LogP) is 0.442. The van der Waals surface area contributed by atoms with Gasteiger partial charge in [-0.2, -0.15) is 0 Å². The summed E-state index contributed by atoms with van der Waals surface area (Å²) in [6.07, 6.45) is 3.81. The van der Waals surface area contributed by atoms with Crippen LogP contribution in [0.1, 0.15) is 26.2 Å². The number of hydrogen-bond donors (Lipinski definition) is 2. The Morgan fingerprint density at radius 3 is 2.88 bits per heavy atom. The first kappa shape index (κ1) is 12.8. The maximum atomic E-state index is 12.0. The van der Waals surface area contributed by atoms with Gasteiger partial charge >= 0.3 is 0 Å². The van der Waals surface area contributed by atoms with Gasteiger partial charge in [0.05, 0.1) is 5.92 Å². The molecule has 0 aliphatic carbocycles. The van der Waals surface area contributed by atoms with Crippen LogP contribution in [0.4, 0.5) is 0 Å². The third-order valence-electron chi connectivity index (χ3n) is 4.29. The Balaban J connectivity index is 1.75. The lowest BCUT2D eigenvalue weighted by molar-refractivity contribution is -0.125. The molecular formula is C13H25N3O. The third kappa shape index (κ3) is 3.19. The largest absolute Gasteiger partial charge is 0.354 e. The van der Waals surface area contributed by atoms with Gasteiger partial charge in [0.25, 0.3) is 0 Å². The van der Waals surface area contributed by atoms with Crippen LogP contribution in [-0.2, 0) is 4.79 Å². The number of rotatable bonds is 3. The van der Waals surface area contributed by atoms with E-state index >= 15 is 0 Å². The monoisotopic (exact) mass is 239 g/mol. The zero-order chi connectivity index (χ0) is 12.3. The molecule has 4 nitrogen and oxygen atoms in total. The van der Waals surface area contributed by atoms with Gasteiger partial charge in [0.1, 0.15) is 0 Å². The average Bonchev–Trinajstić information content (AvgIpc) is 2.74. The van der Waals surface area contributed by atoms with E-state index < -0.39 is 0 Å². The van der Waals surface area contributed by atoms with Crippen LogP contribution in [0.3, 0.4) is 0 Å². The SMILES string of the molecule is C[C@@H]1CNC[C@H]1C(=O)NCC1CCCCN1C. The highest BCUT2D eigenvalue weighted by atomic mass is 16.1. The van der Waals surface area contributed by atoms with E-state index in [4.69, 9.17) is 0 Å². The van der Waals surface area contributed by atoms with E-state index in [1.165, 1.54) is 25.8 Å². The number of carbonyl (C=O) groups excluding carboxylic acids is 1. The van der Waals surface area contributed by atoms with Gasteiger partial charge in [-0.3, -0.25) is 4.79 Å². The Morgan fingerprint density at radius 2 is 2.24 bits per heavy atom. The summed E-state index contributed by atoms with van der Waals surface area (Å²) >= 11 is 0. The summed E-state index contributed by atoms with van der Waals surface area (Å²) in [4.78, 5) is 14.4. The summed E-state index contributed by atoms with van der Waals surface area (Å²) in [6, 6.07) is 0.539. The fourth-order valence-electron chi connectivity index (χ4n) is 2.91. The molecule has 0 aromatic heterocycles. The topological polar surface area (TPSA) is 44.4 Å². The third-order valence-corrected chi connectivity index (χ3v) is 4.29. The molecule has 1 unspecified atom stereocenters. The molecule has 2 N–H and O–H groups in total. The fourth-order valence-corrected chi connectivity index (χ4v) is 2.91. The minimum absolute atomic E-state index is 0.170. The van der Waals surface area contributed by atoms with Gasteiger partial charge in [-0.05, 0) is 38.9 Å².